The highest BCUT2D eigenvalue weighted by atomic mass is 32.2. The summed E-state index contributed by atoms with van der Waals surface area (Å²) in [7, 11) is -2.87. The second kappa shape index (κ2) is 5.54. The number of hydrogen-bond donors (Lipinski definition) is 2. The van der Waals surface area contributed by atoms with E-state index in [0.717, 1.165) is 5.52 Å². The average Bonchev–Trinajstić information content (AvgIpc) is 2.78. The van der Waals surface area contributed by atoms with E-state index in [2.05, 4.69) is 16.4 Å². The molecule has 18 heavy (non-hydrogen) atoms. The Bertz CT molecular complexity index is 617. The van der Waals surface area contributed by atoms with E-state index in [4.69, 9.17) is 0 Å². The third-order valence-electron chi connectivity index (χ3n) is 3.02. The van der Waals surface area contributed by atoms with Crippen molar-refractivity contribution in [2.45, 2.75) is 13.5 Å². The number of benzene rings is 1. The highest BCUT2D eigenvalue weighted by molar-refractivity contribution is 7.91. The van der Waals surface area contributed by atoms with Crippen LogP contribution in [0.5, 0.6) is 0 Å². The van der Waals surface area contributed by atoms with Gasteiger partial charge < -0.3 is 10.3 Å². The van der Waals surface area contributed by atoms with E-state index in [9.17, 15) is 8.42 Å². The van der Waals surface area contributed by atoms with Crippen LogP contribution in [0.4, 0.5) is 0 Å². The molecule has 0 aliphatic heterocycles. The number of aromatic nitrogens is 1. The molecule has 1 heterocycles. The molecule has 0 atom stereocenters. The fourth-order valence-corrected chi connectivity index (χ4v) is 2.62. The summed E-state index contributed by atoms with van der Waals surface area (Å²) in [6, 6.07) is 8.08. The van der Waals surface area contributed by atoms with Crippen LogP contribution in [0.2, 0.25) is 0 Å². The molecule has 1 aromatic carbocycles. The third-order valence-corrected chi connectivity index (χ3v) is 4.73. The molecule has 0 spiro atoms. The predicted octanol–water partition coefficient (Wildman–Crippen LogP) is 1.69. The maximum atomic E-state index is 11.3. The maximum absolute atomic E-state index is 11.3. The van der Waals surface area contributed by atoms with Gasteiger partial charge in [-0.1, -0.05) is 25.1 Å². The minimum absolute atomic E-state index is 0.200. The zero-order chi connectivity index (χ0) is 13.0. The van der Waals surface area contributed by atoms with E-state index in [0.29, 0.717) is 13.1 Å². The van der Waals surface area contributed by atoms with Gasteiger partial charge in [-0.2, -0.15) is 0 Å². The van der Waals surface area contributed by atoms with Crippen molar-refractivity contribution >= 4 is 20.7 Å². The van der Waals surface area contributed by atoms with Gasteiger partial charge in [-0.25, -0.2) is 8.42 Å². The van der Waals surface area contributed by atoms with Crippen molar-refractivity contribution in [3.63, 3.8) is 0 Å². The second-order valence-corrected chi connectivity index (χ2v) is 6.75. The van der Waals surface area contributed by atoms with Crippen molar-refractivity contribution in [1.82, 2.24) is 10.3 Å². The molecule has 0 unspecified atom stereocenters. The average molecular weight is 266 g/mol. The second-order valence-electron chi connectivity index (χ2n) is 4.27. The van der Waals surface area contributed by atoms with E-state index in [1.807, 2.05) is 24.4 Å². The summed E-state index contributed by atoms with van der Waals surface area (Å²) in [6.45, 7) is 2.86. The number of H-pyrrole nitrogens is 1. The fraction of sp³-hybridized carbons (Fsp3) is 0.385. The summed E-state index contributed by atoms with van der Waals surface area (Å²) in [6.07, 6.45) is 1.96. The minimum Gasteiger partial charge on any atom is -0.361 e. The Kier molecular flexibility index (Phi) is 4.04. The Morgan fingerprint density at radius 1 is 1.28 bits per heavy atom. The molecule has 2 N–H and O–H groups in total. The quantitative estimate of drug-likeness (QED) is 0.782. The molecule has 2 aromatic rings. The highest BCUT2D eigenvalue weighted by Gasteiger charge is 2.07. The molecule has 0 bridgehead atoms. The number of sulfone groups is 1. The monoisotopic (exact) mass is 266 g/mol. The van der Waals surface area contributed by atoms with Crippen molar-refractivity contribution in [1.29, 1.82) is 0 Å². The summed E-state index contributed by atoms with van der Waals surface area (Å²) >= 11 is 0. The van der Waals surface area contributed by atoms with Crippen LogP contribution < -0.4 is 5.32 Å². The maximum Gasteiger partial charge on any atom is 0.151 e. The third kappa shape index (κ3) is 3.11. The zero-order valence-electron chi connectivity index (χ0n) is 10.4. The topological polar surface area (TPSA) is 62.0 Å². The molecule has 1 aromatic heterocycles. The van der Waals surface area contributed by atoms with E-state index in [1.165, 1.54) is 10.9 Å². The van der Waals surface area contributed by atoms with Crippen LogP contribution in [0.1, 0.15) is 12.5 Å². The van der Waals surface area contributed by atoms with Crippen LogP contribution in [0.15, 0.2) is 30.5 Å². The summed E-state index contributed by atoms with van der Waals surface area (Å²) in [5.74, 6) is 0.410. The van der Waals surface area contributed by atoms with Crippen LogP contribution in [-0.4, -0.2) is 31.5 Å². The van der Waals surface area contributed by atoms with Gasteiger partial charge in [-0.15, -0.1) is 0 Å². The number of hydrogen-bond acceptors (Lipinski definition) is 3. The number of fused-ring (bicyclic) bond motifs is 1. The summed E-state index contributed by atoms with van der Waals surface area (Å²) in [5.41, 5.74) is 2.27. The number of para-hydroxylation sites is 1. The summed E-state index contributed by atoms with van der Waals surface area (Å²) in [5, 5.41) is 4.35. The largest absolute Gasteiger partial charge is 0.361 e. The molecule has 2 rings (SSSR count). The number of nitrogens with one attached hydrogen (secondary N) is 2. The molecule has 0 aliphatic rings. The molecule has 0 saturated heterocycles. The van der Waals surface area contributed by atoms with Gasteiger partial charge in [-0.05, 0) is 11.6 Å². The van der Waals surface area contributed by atoms with E-state index in [1.54, 1.807) is 6.92 Å². The molecule has 0 aliphatic carbocycles. The van der Waals surface area contributed by atoms with Gasteiger partial charge in [-0.3, -0.25) is 0 Å². The van der Waals surface area contributed by atoms with Gasteiger partial charge in [0.05, 0.1) is 5.75 Å². The van der Waals surface area contributed by atoms with Crippen molar-refractivity contribution in [2.24, 2.45) is 0 Å². The van der Waals surface area contributed by atoms with E-state index in [-0.39, 0.29) is 11.5 Å². The molecule has 98 valence electrons. The normalized spacial score (nSPS) is 12.1. The molecular weight excluding hydrogens is 248 g/mol. The molecule has 5 heteroatoms. The lowest BCUT2D eigenvalue weighted by Gasteiger charge is -2.04. The Morgan fingerprint density at radius 3 is 2.83 bits per heavy atom. The van der Waals surface area contributed by atoms with Crippen LogP contribution >= 0.6 is 0 Å². The molecule has 0 radical (unpaired) electrons. The molecule has 0 saturated carbocycles. The molecule has 0 fully saturated rings. The van der Waals surface area contributed by atoms with E-state index >= 15 is 0 Å². The highest BCUT2D eigenvalue weighted by Crippen LogP contribution is 2.16. The first-order valence-corrected chi connectivity index (χ1v) is 7.90. The van der Waals surface area contributed by atoms with Gasteiger partial charge in [0.2, 0.25) is 0 Å². The summed E-state index contributed by atoms with van der Waals surface area (Å²) < 4.78 is 22.7. The van der Waals surface area contributed by atoms with Gasteiger partial charge in [0.25, 0.3) is 0 Å². The van der Waals surface area contributed by atoms with Gasteiger partial charge in [0.15, 0.2) is 9.84 Å². The predicted molar refractivity (Wildman–Crippen MR) is 74.3 cm³/mol. The Labute approximate surface area is 107 Å². The van der Waals surface area contributed by atoms with Crippen LogP contribution in [-0.2, 0) is 16.4 Å². The van der Waals surface area contributed by atoms with Gasteiger partial charge in [0, 0.05) is 35.9 Å². The van der Waals surface area contributed by atoms with Gasteiger partial charge >= 0.3 is 0 Å². The van der Waals surface area contributed by atoms with Crippen LogP contribution in [0.3, 0.4) is 0 Å². The SMILES string of the molecule is CCS(=O)(=O)CCNCc1c[nH]c2ccccc12. The van der Waals surface area contributed by atoms with Crippen molar-refractivity contribution < 1.29 is 8.42 Å². The molecular formula is C13H18N2O2S. The lowest BCUT2D eigenvalue weighted by atomic mass is 10.2. The lowest BCUT2D eigenvalue weighted by Crippen LogP contribution is -2.23. The smallest absolute Gasteiger partial charge is 0.151 e. The van der Waals surface area contributed by atoms with E-state index < -0.39 is 9.84 Å². The first-order valence-electron chi connectivity index (χ1n) is 6.08. The lowest BCUT2D eigenvalue weighted by molar-refractivity contribution is 0.592. The van der Waals surface area contributed by atoms with Crippen LogP contribution in [0.25, 0.3) is 10.9 Å². The Morgan fingerprint density at radius 2 is 2.06 bits per heavy atom. The standard InChI is InChI=1S/C13H18N2O2S/c1-2-18(16,17)8-7-14-9-11-10-15-13-6-4-3-5-12(11)13/h3-6,10,14-15H,2,7-9H2,1H3. The first-order chi connectivity index (χ1) is 8.62. The molecule has 4 nitrogen and oxygen atoms in total. The van der Waals surface area contributed by atoms with Gasteiger partial charge in [0.1, 0.15) is 0 Å². The van der Waals surface area contributed by atoms with Crippen molar-refractivity contribution in [2.75, 3.05) is 18.1 Å². The Hall–Kier alpha value is -1.33. The minimum atomic E-state index is -2.87. The number of aromatic amines is 1. The Balaban J connectivity index is 1.91. The number of rotatable bonds is 6. The van der Waals surface area contributed by atoms with Crippen LogP contribution in [0, 0.1) is 0 Å². The van der Waals surface area contributed by atoms with Crippen molar-refractivity contribution in [3.05, 3.63) is 36.0 Å². The zero-order valence-corrected chi connectivity index (χ0v) is 11.3. The first kappa shape index (κ1) is 13.1. The summed E-state index contributed by atoms with van der Waals surface area (Å²) in [4.78, 5) is 3.20. The fourth-order valence-electron chi connectivity index (χ4n) is 1.87. The van der Waals surface area contributed by atoms with Crippen molar-refractivity contribution in [3.8, 4) is 0 Å². The molecule has 0 amide bonds.